The molecule has 0 aromatic carbocycles. The first kappa shape index (κ1) is 16.4. The van der Waals surface area contributed by atoms with E-state index in [0.29, 0.717) is 12.2 Å². The standard InChI is InChI=1S/C16H30O/c1-4-6-8-10-12-15(3)14-16(17)13-11-9-7-5-2/h3-14H2,1-2H3. The Bertz CT molecular complexity index is 184. The Balaban J connectivity index is 3.42. The molecule has 0 spiro atoms. The summed E-state index contributed by atoms with van der Waals surface area (Å²) in [4.78, 5) is 11.6. The van der Waals surface area contributed by atoms with Crippen molar-refractivity contribution in [2.24, 2.45) is 0 Å². The van der Waals surface area contributed by atoms with Crippen molar-refractivity contribution in [1.29, 1.82) is 0 Å². The van der Waals surface area contributed by atoms with E-state index in [9.17, 15) is 4.79 Å². The summed E-state index contributed by atoms with van der Waals surface area (Å²) in [6.07, 6.45) is 12.2. The molecule has 0 aromatic heterocycles. The van der Waals surface area contributed by atoms with Gasteiger partial charge < -0.3 is 0 Å². The maximum absolute atomic E-state index is 11.6. The molecule has 0 saturated carbocycles. The van der Waals surface area contributed by atoms with Crippen molar-refractivity contribution < 1.29 is 4.79 Å². The lowest BCUT2D eigenvalue weighted by atomic mass is 10.0. The predicted octanol–water partition coefficient (Wildman–Crippen LogP) is 5.44. The molecular weight excluding hydrogens is 208 g/mol. The number of allylic oxidation sites excluding steroid dienone is 1. The molecule has 17 heavy (non-hydrogen) atoms. The lowest BCUT2D eigenvalue weighted by Gasteiger charge is -2.05. The van der Waals surface area contributed by atoms with Crippen LogP contribution >= 0.6 is 0 Å². The molecule has 0 heterocycles. The molecule has 0 radical (unpaired) electrons. The second kappa shape index (κ2) is 11.9. The maximum Gasteiger partial charge on any atom is 0.136 e. The van der Waals surface area contributed by atoms with Crippen LogP contribution in [0, 0.1) is 0 Å². The maximum atomic E-state index is 11.6. The average Bonchev–Trinajstić information content (AvgIpc) is 2.30. The van der Waals surface area contributed by atoms with Gasteiger partial charge in [0.1, 0.15) is 5.78 Å². The van der Waals surface area contributed by atoms with Gasteiger partial charge in [-0.25, -0.2) is 0 Å². The summed E-state index contributed by atoms with van der Waals surface area (Å²) in [5.74, 6) is 0.390. The highest BCUT2D eigenvalue weighted by atomic mass is 16.1. The van der Waals surface area contributed by atoms with Crippen molar-refractivity contribution in [3.05, 3.63) is 12.2 Å². The van der Waals surface area contributed by atoms with E-state index in [1.807, 2.05) is 0 Å². The van der Waals surface area contributed by atoms with Gasteiger partial charge in [0.25, 0.3) is 0 Å². The van der Waals surface area contributed by atoms with E-state index in [1.54, 1.807) is 0 Å². The van der Waals surface area contributed by atoms with Crippen LogP contribution in [0.25, 0.3) is 0 Å². The van der Waals surface area contributed by atoms with Crippen LogP contribution in [0.1, 0.15) is 84.5 Å². The van der Waals surface area contributed by atoms with Crippen molar-refractivity contribution >= 4 is 5.78 Å². The average molecular weight is 238 g/mol. The number of carbonyl (C=O) groups excluding carboxylic acids is 1. The first-order valence-corrected chi connectivity index (χ1v) is 7.39. The van der Waals surface area contributed by atoms with E-state index in [0.717, 1.165) is 24.8 Å². The van der Waals surface area contributed by atoms with Gasteiger partial charge in [0.05, 0.1) is 0 Å². The zero-order valence-corrected chi connectivity index (χ0v) is 11.9. The van der Waals surface area contributed by atoms with Crippen molar-refractivity contribution in [3.63, 3.8) is 0 Å². The Morgan fingerprint density at radius 1 is 0.824 bits per heavy atom. The fourth-order valence-corrected chi connectivity index (χ4v) is 2.01. The number of rotatable bonds is 12. The summed E-state index contributed by atoms with van der Waals surface area (Å²) >= 11 is 0. The highest BCUT2D eigenvalue weighted by Gasteiger charge is 2.04. The summed E-state index contributed by atoms with van der Waals surface area (Å²) in [5, 5.41) is 0. The van der Waals surface area contributed by atoms with Crippen molar-refractivity contribution in [3.8, 4) is 0 Å². The number of unbranched alkanes of at least 4 members (excludes halogenated alkanes) is 6. The van der Waals surface area contributed by atoms with Crippen LogP contribution in [0.15, 0.2) is 12.2 Å². The van der Waals surface area contributed by atoms with Crippen molar-refractivity contribution in [2.45, 2.75) is 84.5 Å². The van der Waals surface area contributed by atoms with E-state index < -0.39 is 0 Å². The molecule has 0 rings (SSSR count). The predicted molar refractivity (Wildman–Crippen MR) is 76.3 cm³/mol. The lowest BCUT2D eigenvalue weighted by molar-refractivity contribution is -0.118. The second-order valence-electron chi connectivity index (χ2n) is 5.09. The Morgan fingerprint density at radius 3 is 1.88 bits per heavy atom. The molecule has 0 aliphatic carbocycles. The number of Topliss-reactive ketones (excluding diaryl/α,β-unsaturated/α-hetero) is 1. The van der Waals surface area contributed by atoms with E-state index in [1.165, 1.54) is 44.9 Å². The Kier molecular flexibility index (Phi) is 11.5. The monoisotopic (exact) mass is 238 g/mol. The van der Waals surface area contributed by atoms with Crippen LogP contribution in [-0.4, -0.2) is 5.78 Å². The normalized spacial score (nSPS) is 10.5. The van der Waals surface area contributed by atoms with Gasteiger partial charge in [-0.15, -0.1) is 0 Å². The van der Waals surface area contributed by atoms with Crippen LogP contribution in [0.4, 0.5) is 0 Å². The fourth-order valence-electron chi connectivity index (χ4n) is 2.01. The Morgan fingerprint density at radius 2 is 1.35 bits per heavy atom. The zero-order valence-electron chi connectivity index (χ0n) is 11.9. The van der Waals surface area contributed by atoms with Crippen molar-refractivity contribution in [2.75, 3.05) is 0 Å². The fraction of sp³-hybridized carbons (Fsp3) is 0.812. The molecule has 0 atom stereocenters. The van der Waals surface area contributed by atoms with Crippen LogP contribution in [0.5, 0.6) is 0 Å². The van der Waals surface area contributed by atoms with Gasteiger partial charge >= 0.3 is 0 Å². The first-order chi connectivity index (χ1) is 8.20. The quantitative estimate of drug-likeness (QED) is 0.327. The largest absolute Gasteiger partial charge is 0.299 e. The molecule has 0 aliphatic rings. The van der Waals surface area contributed by atoms with Gasteiger partial charge in [-0.3, -0.25) is 4.79 Å². The molecule has 0 aromatic rings. The van der Waals surface area contributed by atoms with Crippen LogP contribution < -0.4 is 0 Å². The smallest absolute Gasteiger partial charge is 0.136 e. The lowest BCUT2D eigenvalue weighted by Crippen LogP contribution is -1.99. The molecule has 0 saturated heterocycles. The van der Waals surface area contributed by atoms with Crippen LogP contribution in [0.2, 0.25) is 0 Å². The second-order valence-corrected chi connectivity index (χ2v) is 5.09. The Hall–Kier alpha value is -0.590. The summed E-state index contributed by atoms with van der Waals surface area (Å²) < 4.78 is 0. The SMILES string of the molecule is C=C(CCCCCC)CC(=O)CCCCCC. The van der Waals surface area contributed by atoms with Gasteiger partial charge in [0.2, 0.25) is 0 Å². The minimum atomic E-state index is 0.390. The van der Waals surface area contributed by atoms with Gasteiger partial charge in [-0.05, 0) is 19.3 Å². The van der Waals surface area contributed by atoms with Crippen LogP contribution in [0.3, 0.4) is 0 Å². The van der Waals surface area contributed by atoms with Gasteiger partial charge in [0.15, 0.2) is 0 Å². The van der Waals surface area contributed by atoms with Crippen LogP contribution in [-0.2, 0) is 4.79 Å². The summed E-state index contributed by atoms with van der Waals surface area (Å²) in [6, 6.07) is 0. The highest BCUT2D eigenvalue weighted by Crippen LogP contribution is 2.14. The minimum absolute atomic E-state index is 0.390. The van der Waals surface area contributed by atoms with E-state index >= 15 is 0 Å². The molecule has 0 aliphatic heterocycles. The molecular formula is C16H30O. The highest BCUT2D eigenvalue weighted by molar-refractivity contribution is 5.80. The summed E-state index contributed by atoms with van der Waals surface area (Å²) in [5.41, 5.74) is 1.14. The zero-order chi connectivity index (χ0) is 12.9. The summed E-state index contributed by atoms with van der Waals surface area (Å²) in [6.45, 7) is 8.43. The molecule has 0 fully saturated rings. The summed E-state index contributed by atoms with van der Waals surface area (Å²) in [7, 11) is 0. The topological polar surface area (TPSA) is 17.1 Å². The first-order valence-electron chi connectivity index (χ1n) is 7.39. The molecule has 0 bridgehead atoms. The third kappa shape index (κ3) is 11.7. The van der Waals surface area contributed by atoms with Crippen molar-refractivity contribution in [1.82, 2.24) is 0 Å². The van der Waals surface area contributed by atoms with Gasteiger partial charge in [-0.2, -0.15) is 0 Å². The number of hydrogen-bond donors (Lipinski definition) is 0. The third-order valence-corrected chi connectivity index (χ3v) is 3.14. The van der Waals surface area contributed by atoms with E-state index in [4.69, 9.17) is 0 Å². The third-order valence-electron chi connectivity index (χ3n) is 3.14. The number of carbonyl (C=O) groups is 1. The van der Waals surface area contributed by atoms with Gasteiger partial charge in [0, 0.05) is 12.8 Å². The Labute approximate surface area is 108 Å². The molecule has 0 unspecified atom stereocenters. The molecule has 1 nitrogen and oxygen atoms in total. The molecule has 100 valence electrons. The van der Waals surface area contributed by atoms with E-state index in [2.05, 4.69) is 20.4 Å². The number of ketones is 1. The van der Waals surface area contributed by atoms with E-state index in [-0.39, 0.29) is 0 Å². The molecule has 1 heteroatoms. The molecule has 0 N–H and O–H groups in total. The molecule has 0 amide bonds. The number of hydrogen-bond acceptors (Lipinski definition) is 1. The minimum Gasteiger partial charge on any atom is -0.299 e. The van der Waals surface area contributed by atoms with Gasteiger partial charge in [-0.1, -0.05) is 64.5 Å².